The maximum atomic E-state index is 12.9. The Morgan fingerprint density at radius 1 is 0.213 bits per heavy atom. The van der Waals surface area contributed by atoms with Crippen molar-refractivity contribution < 1.29 is 28.6 Å². The van der Waals surface area contributed by atoms with Gasteiger partial charge in [0.25, 0.3) is 0 Å². The van der Waals surface area contributed by atoms with E-state index in [1.807, 2.05) is 0 Å². The predicted octanol–water partition coefficient (Wildman–Crippen LogP) is 23.5. The second kappa shape index (κ2) is 64.9. The Bertz CT molecular complexity index is 1120. The molecule has 1 unspecified atom stereocenters. The highest BCUT2D eigenvalue weighted by Crippen LogP contribution is 2.19. The minimum atomic E-state index is -0.761. The molecule has 0 aliphatic heterocycles. The van der Waals surface area contributed by atoms with Crippen molar-refractivity contribution >= 4 is 17.9 Å². The number of carbonyl (C=O) groups is 3. The molecule has 1 atom stereocenters. The molecule has 0 fully saturated rings. The molecule has 0 aromatic rings. The highest BCUT2D eigenvalue weighted by molar-refractivity contribution is 5.71. The van der Waals surface area contributed by atoms with Gasteiger partial charge < -0.3 is 14.2 Å². The molecule has 0 aromatic heterocycles. The van der Waals surface area contributed by atoms with E-state index in [0.717, 1.165) is 57.8 Å². The van der Waals surface area contributed by atoms with E-state index in [1.165, 1.54) is 308 Å². The third-order valence-corrected chi connectivity index (χ3v) is 16.1. The summed E-state index contributed by atoms with van der Waals surface area (Å²) in [6, 6.07) is 0. The molecule has 0 radical (unpaired) electrons. The monoisotopic (exact) mass is 1060 g/mol. The van der Waals surface area contributed by atoms with Crippen molar-refractivity contribution in [1.29, 1.82) is 0 Å². The SMILES string of the molecule is CCCCCCCCCCCCCCCCCCCCCCCCCCCCCCCCCCCC(=O)OCC(COC(=O)CCCCCCCCCC)OC(=O)CCCCCCCCCCCCCCCCCC. The van der Waals surface area contributed by atoms with Crippen molar-refractivity contribution in [3.8, 4) is 0 Å². The average Bonchev–Trinajstić information content (AvgIpc) is 3.41. The van der Waals surface area contributed by atoms with Crippen molar-refractivity contribution in [2.45, 2.75) is 412 Å². The van der Waals surface area contributed by atoms with Gasteiger partial charge in [0.1, 0.15) is 13.2 Å². The average molecular weight is 1060 g/mol. The Labute approximate surface area is 469 Å². The van der Waals surface area contributed by atoms with Gasteiger partial charge in [0.05, 0.1) is 0 Å². The molecule has 0 aliphatic carbocycles. The van der Waals surface area contributed by atoms with Gasteiger partial charge in [0.2, 0.25) is 0 Å². The first-order chi connectivity index (χ1) is 37.0. The summed E-state index contributed by atoms with van der Waals surface area (Å²) in [7, 11) is 0. The Morgan fingerprint density at radius 3 is 0.533 bits per heavy atom. The van der Waals surface area contributed by atoms with E-state index in [2.05, 4.69) is 20.8 Å². The molecule has 0 saturated heterocycles. The van der Waals surface area contributed by atoms with Crippen molar-refractivity contribution in [3.63, 3.8) is 0 Å². The van der Waals surface area contributed by atoms with E-state index in [-0.39, 0.29) is 31.1 Å². The minimum absolute atomic E-state index is 0.0613. The van der Waals surface area contributed by atoms with E-state index in [4.69, 9.17) is 14.2 Å². The Morgan fingerprint density at radius 2 is 0.360 bits per heavy atom. The van der Waals surface area contributed by atoms with Crippen LogP contribution in [0.4, 0.5) is 0 Å². The maximum Gasteiger partial charge on any atom is 0.306 e. The maximum absolute atomic E-state index is 12.9. The summed E-state index contributed by atoms with van der Waals surface area (Å²) >= 11 is 0. The van der Waals surface area contributed by atoms with Gasteiger partial charge in [0.15, 0.2) is 6.10 Å². The summed E-state index contributed by atoms with van der Waals surface area (Å²) in [5.41, 5.74) is 0. The minimum Gasteiger partial charge on any atom is -0.462 e. The fourth-order valence-corrected chi connectivity index (χ4v) is 10.9. The Balaban J connectivity index is 3.93. The second-order valence-electron chi connectivity index (χ2n) is 23.8. The summed E-state index contributed by atoms with van der Waals surface area (Å²) in [6.07, 6.45) is 76.0. The smallest absolute Gasteiger partial charge is 0.306 e. The van der Waals surface area contributed by atoms with Crippen LogP contribution in [0, 0.1) is 0 Å². The zero-order valence-electron chi connectivity index (χ0n) is 51.4. The lowest BCUT2D eigenvalue weighted by atomic mass is 10.0. The number of esters is 3. The third kappa shape index (κ3) is 63.1. The van der Waals surface area contributed by atoms with E-state index in [9.17, 15) is 14.4 Å². The number of unbranched alkanes of at least 4 members (excludes halogenated alkanes) is 54. The normalized spacial score (nSPS) is 11.9. The summed E-state index contributed by atoms with van der Waals surface area (Å²) < 4.78 is 16.9. The van der Waals surface area contributed by atoms with Crippen LogP contribution in [-0.2, 0) is 28.6 Å². The Hall–Kier alpha value is -1.59. The van der Waals surface area contributed by atoms with Gasteiger partial charge in [-0.2, -0.15) is 0 Å². The fourth-order valence-electron chi connectivity index (χ4n) is 10.9. The summed E-state index contributed by atoms with van der Waals surface area (Å²) in [5.74, 6) is -0.834. The summed E-state index contributed by atoms with van der Waals surface area (Å²) in [4.78, 5) is 38.1. The molecule has 6 heteroatoms. The van der Waals surface area contributed by atoms with Gasteiger partial charge in [-0.1, -0.05) is 367 Å². The molecule has 0 aliphatic rings. The van der Waals surface area contributed by atoms with Crippen LogP contribution in [0.2, 0.25) is 0 Å². The predicted molar refractivity (Wildman–Crippen MR) is 326 cm³/mol. The van der Waals surface area contributed by atoms with Crippen LogP contribution >= 0.6 is 0 Å². The number of hydrogen-bond donors (Lipinski definition) is 0. The molecular formula is C69H134O6. The zero-order chi connectivity index (χ0) is 54.3. The van der Waals surface area contributed by atoms with Crippen LogP contribution in [0.1, 0.15) is 406 Å². The highest BCUT2D eigenvalue weighted by atomic mass is 16.6. The van der Waals surface area contributed by atoms with Crippen LogP contribution in [0.15, 0.2) is 0 Å². The molecular weight excluding hydrogens is 925 g/mol. The summed E-state index contributed by atoms with van der Waals surface area (Å²) in [6.45, 7) is 6.69. The van der Waals surface area contributed by atoms with Crippen LogP contribution < -0.4 is 0 Å². The fraction of sp³-hybridized carbons (Fsp3) is 0.957. The topological polar surface area (TPSA) is 78.9 Å². The van der Waals surface area contributed by atoms with Gasteiger partial charge in [-0.15, -0.1) is 0 Å². The molecule has 0 rings (SSSR count). The largest absolute Gasteiger partial charge is 0.462 e. The van der Waals surface area contributed by atoms with Crippen LogP contribution in [-0.4, -0.2) is 37.2 Å². The van der Waals surface area contributed by atoms with Gasteiger partial charge in [0, 0.05) is 19.3 Å². The number of carbonyl (C=O) groups excluding carboxylic acids is 3. The molecule has 0 amide bonds. The standard InChI is InChI=1S/C69H134O6/c1-4-7-10-13-16-19-21-23-25-27-28-29-30-31-32-33-34-35-36-37-38-39-40-41-42-43-45-46-48-50-53-56-59-62-68(71)74-65-66(64-73-67(70)61-58-55-52-18-15-12-9-6-3)75-69(72)63-60-57-54-51-49-47-44-26-24-22-20-17-14-11-8-5-2/h66H,4-65H2,1-3H3. The molecule has 0 bridgehead atoms. The van der Waals surface area contributed by atoms with Gasteiger partial charge in [-0.25, -0.2) is 0 Å². The van der Waals surface area contributed by atoms with E-state index < -0.39 is 6.10 Å². The number of rotatable bonds is 65. The highest BCUT2D eigenvalue weighted by Gasteiger charge is 2.19. The molecule has 0 heterocycles. The third-order valence-electron chi connectivity index (χ3n) is 16.1. The van der Waals surface area contributed by atoms with Gasteiger partial charge >= 0.3 is 17.9 Å². The van der Waals surface area contributed by atoms with Gasteiger partial charge in [-0.05, 0) is 19.3 Å². The van der Waals surface area contributed by atoms with E-state index in [0.29, 0.717) is 19.3 Å². The van der Waals surface area contributed by atoms with Crippen molar-refractivity contribution in [2.24, 2.45) is 0 Å². The lowest BCUT2D eigenvalue weighted by molar-refractivity contribution is -0.167. The van der Waals surface area contributed by atoms with Crippen LogP contribution in [0.5, 0.6) is 0 Å². The quantitative estimate of drug-likeness (QED) is 0.0343. The lowest BCUT2D eigenvalue weighted by Crippen LogP contribution is -2.30. The summed E-state index contributed by atoms with van der Waals surface area (Å²) in [5, 5.41) is 0. The second-order valence-corrected chi connectivity index (χ2v) is 23.8. The molecule has 0 spiro atoms. The van der Waals surface area contributed by atoms with Crippen molar-refractivity contribution in [1.82, 2.24) is 0 Å². The van der Waals surface area contributed by atoms with Crippen LogP contribution in [0.3, 0.4) is 0 Å². The Kier molecular flexibility index (Phi) is 63.6. The van der Waals surface area contributed by atoms with Crippen molar-refractivity contribution in [2.75, 3.05) is 13.2 Å². The zero-order valence-corrected chi connectivity index (χ0v) is 51.4. The first kappa shape index (κ1) is 73.4. The van der Waals surface area contributed by atoms with Crippen LogP contribution in [0.25, 0.3) is 0 Å². The first-order valence-electron chi connectivity index (χ1n) is 34.5. The van der Waals surface area contributed by atoms with E-state index in [1.54, 1.807) is 0 Å². The molecule has 446 valence electrons. The van der Waals surface area contributed by atoms with Crippen molar-refractivity contribution in [3.05, 3.63) is 0 Å². The number of hydrogen-bond acceptors (Lipinski definition) is 6. The first-order valence-corrected chi connectivity index (χ1v) is 34.5. The van der Waals surface area contributed by atoms with Gasteiger partial charge in [-0.3, -0.25) is 14.4 Å². The molecule has 0 N–H and O–H groups in total. The molecule has 0 saturated carbocycles. The number of ether oxygens (including phenoxy) is 3. The molecule has 6 nitrogen and oxygen atoms in total. The van der Waals surface area contributed by atoms with E-state index >= 15 is 0 Å². The molecule has 0 aromatic carbocycles. The lowest BCUT2D eigenvalue weighted by Gasteiger charge is -2.18. The molecule has 75 heavy (non-hydrogen) atoms.